The number of H-pyrrole nitrogens is 1. The first-order valence-corrected chi connectivity index (χ1v) is 7.51. The van der Waals surface area contributed by atoms with Crippen LogP contribution in [0.5, 0.6) is 11.5 Å². The average Bonchev–Trinajstić information content (AvgIpc) is 2.92. The SMILES string of the molecule is Cc1c(C(=O)Nc2ccc3c(c2)OCCO3)[nH]c2ccccc12. The molecule has 2 heterocycles. The molecule has 5 nitrogen and oxygen atoms in total. The highest BCUT2D eigenvalue weighted by atomic mass is 16.6. The van der Waals surface area contributed by atoms with Crippen molar-refractivity contribution < 1.29 is 14.3 Å². The Labute approximate surface area is 133 Å². The van der Waals surface area contributed by atoms with Gasteiger partial charge >= 0.3 is 0 Å². The highest BCUT2D eigenvalue weighted by Crippen LogP contribution is 2.33. The normalized spacial score (nSPS) is 13.1. The molecule has 4 rings (SSSR count). The number of carbonyl (C=O) groups is 1. The van der Waals surface area contributed by atoms with Gasteiger partial charge in [-0.3, -0.25) is 4.79 Å². The van der Waals surface area contributed by atoms with Gasteiger partial charge in [0.2, 0.25) is 0 Å². The van der Waals surface area contributed by atoms with Gasteiger partial charge in [-0.25, -0.2) is 0 Å². The Kier molecular flexibility index (Phi) is 3.19. The van der Waals surface area contributed by atoms with E-state index in [0.717, 1.165) is 16.5 Å². The van der Waals surface area contributed by atoms with Crippen LogP contribution in [0.4, 0.5) is 5.69 Å². The zero-order chi connectivity index (χ0) is 15.8. The predicted octanol–water partition coefficient (Wildman–Crippen LogP) is 3.50. The number of benzene rings is 2. The monoisotopic (exact) mass is 308 g/mol. The lowest BCUT2D eigenvalue weighted by Gasteiger charge is -2.19. The first kappa shape index (κ1) is 13.7. The lowest BCUT2D eigenvalue weighted by molar-refractivity contribution is 0.102. The van der Waals surface area contributed by atoms with Gasteiger partial charge in [0.25, 0.3) is 5.91 Å². The Bertz CT molecular complexity index is 898. The highest BCUT2D eigenvalue weighted by Gasteiger charge is 2.16. The van der Waals surface area contributed by atoms with E-state index in [1.165, 1.54) is 0 Å². The molecule has 1 aromatic heterocycles. The molecule has 0 radical (unpaired) electrons. The molecule has 0 aliphatic carbocycles. The third-order valence-electron chi connectivity index (χ3n) is 3.99. The fraction of sp³-hybridized carbons (Fsp3) is 0.167. The van der Waals surface area contributed by atoms with Gasteiger partial charge in [0, 0.05) is 22.7 Å². The Hall–Kier alpha value is -2.95. The summed E-state index contributed by atoms with van der Waals surface area (Å²) < 4.78 is 11.0. The first-order valence-electron chi connectivity index (χ1n) is 7.51. The summed E-state index contributed by atoms with van der Waals surface area (Å²) in [6.07, 6.45) is 0. The number of carbonyl (C=O) groups excluding carboxylic acids is 1. The third-order valence-corrected chi connectivity index (χ3v) is 3.99. The van der Waals surface area contributed by atoms with Crippen molar-refractivity contribution in [2.45, 2.75) is 6.92 Å². The summed E-state index contributed by atoms with van der Waals surface area (Å²) >= 11 is 0. The largest absolute Gasteiger partial charge is 0.486 e. The minimum absolute atomic E-state index is 0.171. The second kappa shape index (κ2) is 5.35. The predicted molar refractivity (Wildman–Crippen MR) is 88.4 cm³/mol. The van der Waals surface area contributed by atoms with Crippen LogP contribution < -0.4 is 14.8 Å². The Balaban J connectivity index is 1.63. The molecule has 2 aromatic carbocycles. The van der Waals surface area contributed by atoms with Gasteiger partial charge in [-0.1, -0.05) is 18.2 Å². The van der Waals surface area contributed by atoms with Crippen molar-refractivity contribution in [3.63, 3.8) is 0 Å². The molecule has 3 aromatic rings. The number of aromatic nitrogens is 1. The molecule has 116 valence electrons. The fourth-order valence-electron chi connectivity index (χ4n) is 2.82. The smallest absolute Gasteiger partial charge is 0.272 e. The van der Waals surface area contributed by atoms with E-state index in [4.69, 9.17) is 9.47 Å². The number of ether oxygens (including phenoxy) is 2. The fourth-order valence-corrected chi connectivity index (χ4v) is 2.82. The summed E-state index contributed by atoms with van der Waals surface area (Å²) in [6, 6.07) is 13.3. The van der Waals surface area contributed by atoms with E-state index in [-0.39, 0.29) is 5.91 Å². The Morgan fingerprint density at radius 2 is 1.87 bits per heavy atom. The maximum atomic E-state index is 12.6. The topological polar surface area (TPSA) is 63.4 Å². The van der Waals surface area contributed by atoms with Gasteiger partial charge in [0.05, 0.1) is 0 Å². The summed E-state index contributed by atoms with van der Waals surface area (Å²) in [5.41, 5.74) is 3.14. The van der Waals surface area contributed by atoms with Crippen LogP contribution in [-0.2, 0) is 0 Å². The molecule has 0 saturated carbocycles. The van der Waals surface area contributed by atoms with Crippen molar-refractivity contribution in [3.8, 4) is 11.5 Å². The molecule has 5 heteroatoms. The van der Waals surface area contributed by atoms with Crippen LogP contribution in [0.25, 0.3) is 10.9 Å². The number of aryl methyl sites for hydroxylation is 1. The zero-order valence-electron chi connectivity index (χ0n) is 12.7. The van der Waals surface area contributed by atoms with Crippen LogP contribution in [0.2, 0.25) is 0 Å². The molecule has 0 saturated heterocycles. The molecule has 0 fully saturated rings. The molecule has 0 bridgehead atoms. The number of amides is 1. The lowest BCUT2D eigenvalue weighted by Crippen LogP contribution is -2.17. The minimum atomic E-state index is -0.171. The Morgan fingerprint density at radius 3 is 2.70 bits per heavy atom. The van der Waals surface area contributed by atoms with E-state index in [1.807, 2.05) is 43.3 Å². The summed E-state index contributed by atoms with van der Waals surface area (Å²) in [5, 5.41) is 3.96. The molecular weight excluding hydrogens is 292 g/mol. The van der Waals surface area contributed by atoms with Gasteiger partial charge in [-0.15, -0.1) is 0 Å². The summed E-state index contributed by atoms with van der Waals surface area (Å²) in [4.78, 5) is 15.7. The van der Waals surface area contributed by atoms with E-state index < -0.39 is 0 Å². The molecule has 23 heavy (non-hydrogen) atoms. The second-order valence-corrected chi connectivity index (χ2v) is 5.48. The Morgan fingerprint density at radius 1 is 1.09 bits per heavy atom. The molecule has 1 aliphatic heterocycles. The van der Waals surface area contributed by atoms with Gasteiger partial charge in [-0.2, -0.15) is 0 Å². The first-order chi connectivity index (χ1) is 11.2. The number of rotatable bonds is 2. The van der Waals surface area contributed by atoms with E-state index in [0.29, 0.717) is 36.1 Å². The summed E-state index contributed by atoms with van der Waals surface area (Å²) in [6.45, 7) is 3.01. The highest BCUT2D eigenvalue weighted by molar-refractivity contribution is 6.07. The molecule has 0 atom stereocenters. The summed E-state index contributed by atoms with van der Waals surface area (Å²) in [7, 11) is 0. The second-order valence-electron chi connectivity index (χ2n) is 5.48. The molecule has 0 unspecified atom stereocenters. The van der Waals surface area contributed by atoms with E-state index in [9.17, 15) is 4.79 Å². The van der Waals surface area contributed by atoms with Gasteiger partial charge < -0.3 is 19.8 Å². The van der Waals surface area contributed by atoms with Crippen molar-refractivity contribution in [3.05, 3.63) is 53.7 Å². The molecular formula is C18H16N2O3. The van der Waals surface area contributed by atoms with Crippen molar-refractivity contribution in [1.29, 1.82) is 0 Å². The summed E-state index contributed by atoms with van der Waals surface area (Å²) in [5.74, 6) is 1.19. The van der Waals surface area contributed by atoms with Crippen molar-refractivity contribution in [1.82, 2.24) is 4.98 Å². The molecule has 1 amide bonds. The van der Waals surface area contributed by atoms with Crippen molar-refractivity contribution >= 4 is 22.5 Å². The number of anilines is 1. The van der Waals surface area contributed by atoms with E-state index in [2.05, 4.69) is 10.3 Å². The number of para-hydroxylation sites is 1. The van der Waals surface area contributed by atoms with Crippen LogP contribution in [0.3, 0.4) is 0 Å². The number of nitrogens with one attached hydrogen (secondary N) is 2. The molecule has 0 spiro atoms. The number of aromatic amines is 1. The van der Waals surface area contributed by atoms with Crippen LogP contribution in [-0.4, -0.2) is 24.1 Å². The maximum absolute atomic E-state index is 12.6. The quantitative estimate of drug-likeness (QED) is 0.761. The molecule has 2 N–H and O–H groups in total. The number of hydrogen-bond acceptors (Lipinski definition) is 3. The van der Waals surface area contributed by atoms with Crippen LogP contribution in [0.1, 0.15) is 16.1 Å². The molecule has 1 aliphatic rings. The van der Waals surface area contributed by atoms with Gasteiger partial charge in [0.15, 0.2) is 11.5 Å². The zero-order valence-corrected chi connectivity index (χ0v) is 12.7. The van der Waals surface area contributed by atoms with Gasteiger partial charge in [0.1, 0.15) is 18.9 Å². The third kappa shape index (κ3) is 2.40. The van der Waals surface area contributed by atoms with Crippen LogP contribution in [0, 0.1) is 6.92 Å². The standard InChI is InChI=1S/C18H16N2O3/c1-11-13-4-2-3-5-14(13)20-17(11)18(21)19-12-6-7-15-16(10-12)23-9-8-22-15/h2-7,10,20H,8-9H2,1H3,(H,19,21). The van der Waals surface area contributed by atoms with Crippen LogP contribution >= 0.6 is 0 Å². The number of fused-ring (bicyclic) bond motifs is 2. The van der Waals surface area contributed by atoms with Crippen molar-refractivity contribution in [2.75, 3.05) is 18.5 Å². The van der Waals surface area contributed by atoms with Crippen molar-refractivity contribution in [2.24, 2.45) is 0 Å². The van der Waals surface area contributed by atoms with E-state index >= 15 is 0 Å². The minimum Gasteiger partial charge on any atom is -0.486 e. The van der Waals surface area contributed by atoms with Crippen LogP contribution in [0.15, 0.2) is 42.5 Å². The van der Waals surface area contributed by atoms with Gasteiger partial charge in [-0.05, 0) is 30.7 Å². The maximum Gasteiger partial charge on any atom is 0.272 e. The van der Waals surface area contributed by atoms with E-state index in [1.54, 1.807) is 6.07 Å². The average molecular weight is 308 g/mol. The lowest BCUT2D eigenvalue weighted by atomic mass is 10.1. The number of hydrogen-bond donors (Lipinski definition) is 2.